The number of H-pyrrole nitrogens is 2. The van der Waals surface area contributed by atoms with Crippen molar-refractivity contribution in [1.82, 2.24) is 39.6 Å². The fraction of sp³-hybridized carbons (Fsp3) is 0. The lowest BCUT2D eigenvalue weighted by Crippen LogP contribution is -1.81. The topological polar surface area (TPSA) is 92.0 Å². The summed E-state index contributed by atoms with van der Waals surface area (Å²) in [5.41, 5.74) is 1.84. The van der Waals surface area contributed by atoms with Gasteiger partial charge in [-0.3, -0.25) is 5.10 Å². The number of fused-ring (bicyclic) bond motifs is 2. The molecule has 8 nitrogen and oxygen atoms in total. The molecule has 4 rings (SSSR count). The maximum Gasteiger partial charge on any atom is 0.155 e. The van der Waals surface area contributed by atoms with Crippen LogP contribution in [-0.4, -0.2) is 39.6 Å². The molecule has 16 heavy (non-hydrogen) atoms. The highest BCUT2D eigenvalue weighted by Gasteiger charge is 1.89. The van der Waals surface area contributed by atoms with Crippen LogP contribution in [0.15, 0.2) is 37.2 Å². The van der Waals surface area contributed by atoms with Gasteiger partial charge in [0.2, 0.25) is 0 Å². The molecule has 0 atom stereocenters. The fourth-order valence-electron chi connectivity index (χ4n) is 1.29. The lowest BCUT2D eigenvalue weighted by atomic mass is 10.7. The normalized spacial score (nSPS) is 10.5. The van der Waals surface area contributed by atoms with Crippen LogP contribution in [0.4, 0.5) is 0 Å². The third-order valence-corrected chi connectivity index (χ3v) is 2.02. The van der Waals surface area contributed by atoms with Gasteiger partial charge in [0.05, 0.1) is 12.4 Å². The number of aromatic amines is 2. The van der Waals surface area contributed by atoms with Gasteiger partial charge in [-0.1, -0.05) is 0 Å². The van der Waals surface area contributed by atoms with Crippen molar-refractivity contribution in [3.05, 3.63) is 37.2 Å². The minimum absolute atomic E-state index is 0.921. The Bertz CT molecular complexity index is 519. The van der Waals surface area contributed by atoms with Crippen LogP contribution in [0, 0.1) is 0 Å². The average molecular weight is 216 g/mol. The SMILES string of the molecule is c1cc2[nH]cnn2n1.c1cc2[nH]ncn2n1. The Balaban J connectivity index is 0.000000101. The van der Waals surface area contributed by atoms with E-state index >= 15 is 0 Å². The molecule has 4 aromatic rings. The van der Waals surface area contributed by atoms with Crippen molar-refractivity contribution in [2.45, 2.75) is 0 Å². The number of hydrogen-bond donors (Lipinski definition) is 2. The lowest BCUT2D eigenvalue weighted by molar-refractivity contribution is 0.821. The Morgan fingerprint density at radius 1 is 1.00 bits per heavy atom. The lowest BCUT2D eigenvalue weighted by Gasteiger charge is -1.70. The van der Waals surface area contributed by atoms with Crippen molar-refractivity contribution in [3.8, 4) is 0 Å². The molecule has 0 saturated carbocycles. The van der Waals surface area contributed by atoms with Gasteiger partial charge in [0.25, 0.3) is 0 Å². The number of nitrogens with one attached hydrogen (secondary N) is 2. The zero-order chi connectivity index (χ0) is 10.8. The summed E-state index contributed by atoms with van der Waals surface area (Å²) in [5, 5.41) is 18.1. The molecule has 0 radical (unpaired) electrons. The first-order chi connectivity index (χ1) is 7.93. The quantitative estimate of drug-likeness (QED) is 0.436. The molecule has 0 aromatic carbocycles. The first-order valence-electron chi connectivity index (χ1n) is 4.59. The van der Waals surface area contributed by atoms with Crippen molar-refractivity contribution < 1.29 is 0 Å². The van der Waals surface area contributed by atoms with E-state index in [0.29, 0.717) is 0 Å². The Labute approximate surface area is 88.9 Å². The molecule has 80 valence electrons. The van der Waals surface area contributed by atoms with Crippen LogP contribution < -0.4 is 0 Å². The van der Waals surface area contributed by atoms with Crippen molar-refractivity contribution in [3.63, 3.8) is 0 Å². The molecule has 0 spiro atoms. The summed E-state index contributed by atoms with van der Waals surface area (Å²) in [7, 11) is 0. The minimum atomic E-state index is 0.921. The van der Waals surface area contributed by atoms with Crippen molar-refractivity contribution in [2.75, 3.05) is 0 Å². The van der Waals surface area contributed by atoms with Crippen LogP contribution in [0.1, 0.15) is 0 Å². The zero-order valence-corrected chi connectivity index (χ0v) is 8.15. The van der Waals surface area contributed by atoms with Gasteiger partial charge < -0.3 is 4.98 Å². The molecule has 8 heteroatoms. The Kier molecular flexibility index (Phi) is 1.89. The van der Waals surface area contributed by atoms with Gasteiger partial charge in [-0.2, -0.15) is 15.3 Å². The van der Waals surface area contributed by atoms with Crippen molar-refractivity contribution in [1.29, 1.82) is 0 Å². The minimum Gasteiger partial charge on any atom is -0.328 e. The van der Waals surface area contributed by atoms with E-state index in [2.05, 4.69) is 30.5 Å². The Hall–Kier alpha value is -2.64. The highest BCUT2D eigenvalue weighted by molar-refractivity contribution is 5.33. The second-order valence-electron chi connectivity index (χ2n) is 3.01. The molecule has 2 N–H and O–H groups in total. The van der Waals surface area contributed by atoms with E-state index in [1.807, 2.05) is 12.1 Å². The molecule has 0 saturated heterocycles. The molecular formula is C8H8N8. The molecule has 0 fully saturated rings. The molecule has 0 amide bonds. The Morgan fingerprint density at radius 3 is 2.75 bits per heavy atom. The summed E-state index contributed by atoms with van der Waals surface area (Å²) >= 11 is 0. The van der Waals surface area contributed by atoms with Gasteiger partial charge >= 0.3 is 0 Å². The Morgan fingerprint density at radius 2 is 1.88 bits per heavy atom. The maximum atomic E-state index is 3.90. The second-order valence-corrected chi connectivity index (χ2v) is 3.01. The van der Waals surface area contributed by atoms with Gasteiger partial charge in [-0.25, -0.2) is 4.52 Å². The first kappa shape index (κ1) is 8.65. The van der Waals surface area contributed by atoms with Crippen LogP contribution in [0.3, 0.4) is 0 Å². The van der Waals surface area contributed by atoms with Crippen LogP contribution in [0.2, 0.25) is 0 Å². The van der Waals surface area contributed by atoms with Crippen LogP contribution in [0.5, 0.6) is 0 Å². The summed E-state index contributed by atoms with van der Waals surface area (Å²) in [6, 6.07) is 3.71. The monoisotopic (exact) mass is 216 g/mol. The van der Waals surface area contributed by atoms with E-state index in [-0.39, 0.29) is 0 Å². The number of rotatable bonds is 0. The molecule has 0 bridgehead atoms. The van der Waals surface area contributed by atoms with Gasteiger partial charge in [0.15, 0.2) is 11.3 Å². The molecular weight excluding hydrogens is 208 g/mol. The van der Waals surface area contributed by atoms with Gasteiger partial charge in [0, 0.05) is 12.1 Å². The predicted molar refractivity (Wildman–Crippen MR) is 54.7 cm³/mol. The maximum absolute atomic E-state index is 3.90. The predicted octanol–water partition coefficient (Wildman–Crippen LogP) is 0.115. The second kappa shape index (κ2) is 3.50. The molecule has 4 aromatic heterocycles. The van der Waals surface area contributed by atoms with E-state index in [1.54, 1.807) is 29.6 Å². The highest BCUT2D eigenvalue weighted by Crippen LogP contribution is 1.91. The fourth-order valence-corrected chi connectivity index (χ4v) is 1.29. The van der Waals surface area contributed by atoms with Gasteiger partial charge in [0.1, 0.15) is 12.7 Å². The summed E-state index contributed by atoms with van der Waals surface area (Å²) < 4.78 is 3.19. The van der Waals surface area contributed by atoms with Crippen LogP contribution in [-0.2, 0) is 0 Å². The van der Waals surface area contributed by atoms with Crippen molar-refractivity contribution >= 4 is 11.3 Å². The van der Waals surface area contributed by atoms with E-state index in [0.717, 1.165) is 11.3 Å². The van der Waals surface area contributed by atoms with Crippen LogP contribution >= 0.6 is 0 Å². The zero-order valence-electron chi connectivity index (χ0n) is 8.15. The van der Waals surface area contributed by atoms with Crippen molar-refractivity contribution in [2.24, 2.45) is 0 Å². The summed E-state index contributed by atoms with van der Waals surface area (Å²) in [4.78, 5) is 2.89. The average Bonchev–Trinajstić information content (AvgIpc) is 2.99. The summed E-state index contributed by atoms with van der Waals surface area (Å²) in [5.74, 6) is 0. The van der Waals surface area contributed by atoms with Gasteiger partial charge in [-0.05, 0) is 0 Å². The number of aromatic nitrogens is 8. The van der Waals surface area contributed by atoms with E-state index < -0.39 is 0 Å². The molecule has 0 aliphatic carbocycles. The first-order valence-corrected chi connectivity index (χ1v) is 4.59. The largest absolute Gasteiger partial charge is 0.328 e. The molecule has 0 aliphatic heterocycles. The highest BCUT2D eigenvalue weighted by atomic mass is 15.4. The smallest absolute Gasteiger partial charge is 0.155 e. The van der Waals surface area contributed by atoms with E-state index in [4.69, 9.17) is 0 Å². The third-order valence-electron chi connectivity index (χ3n) is 2.02. The standard InChI is InChI=1S/2C4H4N4/c1-2-6-8-3-5-7-4(1)8;1-2-6-8-4(1)5-3-7-8/h1-3,7H;1-3H,(H,5,7). The molecule has 0 unspecified atom stereocenters. The number of hydrogen-bond acceptors (Lipinski definition) is 4. The van der Waals surface area contributed by atoms with E-state index in [1.165, 1.54) is 4.63 Å². The summed E-state index contributed by atoms with van der Waals surface area (Å²) in [6.45, 7) is 0. The van der Waals surface area contributed by atoms with Gasteiger partial charge in [-0.15, -0.1) is 9.73 Å². The summed E-state index contributed by atoms with van der Waals surface area (Å²) in [6.07, 6.45) is 6.63. The third kappa shape index (κ3) is 1.41. The van der Waals surface area contributed by atoms with E-state index in [9.17, 15) is 0 Å². The molecule has 4 heterocycles. The molecule has 0 aliphatic rings. The number of nitrogens with zero attached hydrogens (tertiary/aromatic N) is 6. The van der Waals surface area contributed by atoms with Crippen LogP contribution in [0.25, 0.3) is 11.3 Å².